The molecule has 0 aromatic heterocycles. The number of anilines is 1. The van der Waals surface area contributed by atoms with Gasteiger partial charge in [-0.3, -0.25) is 14.9 Å². The van der Waals surface area contributed by atoms with Gasteiger partial charge < -0.3 is 10.6 Å². The number of nitro benzene ring substituents is 1. The highest BCUT2D eigenvalue weighted by Gasteiger charge is 2.20. The molecule has 0 saturated carbocycles. The maximum atomic E-state index is 13.4. The molecule has 1 amide bonds. The molecular weight excluding hydrogens is 404 g/mol. The van der Waals surface area contributed by atoms with Gasteiger partial charge in [0.2, 0.25) is 0 Å². The first kappa shape index (κ1) is 21.9. The third-order valence-corrected chi connectivity index (χ3v) is 4.84. The highest BCUT2D eigenvalue weighted by Crippen LogP contribution is 2.27. The van der Waals surface area contributed by atoms with Gasteiger partial charge in [-0.15, -0.1) is 0 Å². The smallest absolute Gasteiger partial charge is 0.293 e. The zero-order valence-electron chi connectivity index (χ0n) is 16.8. The topological polar surface area (TPSA) is 84.3 Å². The number of nitrogens with zero attached hydrogens (tertiary/aromatic N) is 1. The summed E-state index contributed by atoms with van der Waals surface area (Å²) in [5.74, 6) is -2.39. The van der Waals surface area contributed by atoms with Gasteiger partial charge in [0.25, 0.3) is 11.6 Å². The number of rotatable bonds is 8. The minimum absolute atomic E-state index is 0.0511. The van der Waals surface area contributed by atoms with Gasteiger partial charge in [-0.05, 0) is 41.8 Å². The van der Waals surface area contributed by atoms with Gasteiger partial charge in [0.05, 0.1) is 11.0 Å². The fourth-order valence-corrected chi connectivity index (χ4v) is 3.17. The number of halogens is 2. The van der Waals surface area contributed by atoms with Crippen molar-refractivity contribution in [1.82, 2.24) is 5.32 Å². The molecule has 6 nitrogen and oxygen atoms in total. The van der Waals surface area contributed by atoms with E-state index in [1.807, 2.05) is 37.3 Å². The predicted octanol–water partition coefficient (Wildman–Crippen LogP) is 5.37. The summed E-state index contributed by atoms with van der Waals surface area (Å²) in [4.78, 5) is 23.6. The Balaban J connectivity index is 1.76. The summed E-state index contributed by atoms with van der Waals surface area (Å²) >= 11 is 0. The zero-order chi connectivity index (χ0) is 22.4. The molecule has 0 unspecified atom stereocenters. The lowest BCUT2D eigenvalue weighted by atomic mass is 10.0. The van der Waals surface area contributed by atoms with Gasteiger partial charge in [-0.25, -0.2) is 8.78 Å². The number of nitro groups is 1. The van der Waals surface area contributed by atoms with Gasteiger partial charge in [-0.2, -0.15) is 0 Å². The van der Waals surface area contributed by atoms with Gasteiger partial charge in [-0.1, -0.05) is 43.3 Å². The largest absolute Gasteiger partial charge is 0.375 e. The molecule has 0 radical (unpaired) electrons. The van der Waals surface area contributed by atoms with Crippen LogP contribution in [0.25, 0.3) is 0 Å². The van der Waals surface area contributed by atoms with Gasteiger partial charge >= 0.3 is 0 Å². The summed E-state index contributed by atoms with van der Waals surface area (Å²) in [7, 11) is 0. The first-order chi connectivity index (χ1) is 14.9. The molecule has 0 aliphatic rings. The third kappa shape index (κ3) is 5.42. The van der Waals surface area contributed by atoms with E-state index in [9.17, 15) is 23.7 Å². The quantitative estimate of drug-likeness (QED) is 0.376. The number of benzene rings is 3. The second-order valence-corrected chi connectivity index (χ2v) is 6.94. The van der Waals surface area contributed by atoms with E-state index in [2.05, 4.69) is 10.6 Å². The minimum Gasteiger partial charge on any atom is -0.375 e. The van der Waals surface area contributed by atoms with Crippen LogP contribution in [0.5, 0.6) is 0 Å². The average Bonchev–Trinajstić information content (AvgIpc) is 2.78. The Morgan fingerprint density at radius 2 is 1.77 bits per heavy atom. The molecule has 0 bridgehead atoms. The van der Waals surface area contributed by atoms with Crippen LogP contribution >= 0.6 is 0 Å². The standard InChI is InChI=1S/C23H21F2N3O3/c1-2-20(16-6-4-3-5-7-16)27-23(29)17-9-11-21(22(13-17)28(30)31)26-14-15-8-10-18(24)19(25)12-15/h3-13,20,26H,2,14H2,1H3,(H,27,29)/t20-/m1/s1. The number of carbonyl (C=O) groups is 1. The Bertz CT molecular complexity index is 1090. The monoisotopic (exact) mass is 425 g/mol. The van der Waals surface area contributed by atoms with Crippen molar-refractivity contribution in [3.8, 4) is 0 Å². The highest BCUT2D eigenvalue weighted by atomic mass is 19.2. The summed E-state index contributed by atoms with van der Waals surface area (Å²) < 4.78 is 26.4. The molecule has 0 aliphatic heterocycles. The molecule has 31 heavy (non-hydrogen) atoms. The van der Waals surface area contributed by atoms with Crippen molar-refractivity contribution in [2.24, 2.45) is 0 Å². The van der Waals surface area contributed by atoms with Crippen LogP contribution in [-0.2, 0) is 6.54 Å². The summed E-state index contributed by atoms with van der Waals surface area (Å²) in [5.41, 5.74) is 1.39. The maximum absolute atomic E-state index is 13.4. The molecule has 0 saturated heterocycles. The molecule has 160 valence electrons. The third-order valence-electron chi connectivity index (χ3n) is 4.84. The summed E-state index contributed by atoms with van der Waals surface area (Å²) in [6.45, 7) is 1.99. The van der Waals surface area contributed by atoms with Crippen LogP contribution in [0.15, 0.2) is 66.7 Å². The summed E-state index contributed by atoms with van der Waals surface area (Å²) in [6, 6.07) is 16.7. The lowest BCUT2D eigenvalue weighted by molar-refractivity contribution is -0.384. The van der Waals surface area contributed by atoms with Crippen molar-refractivity contribution < 1.29 is 18.5 Å². The van der Waals surface area contributed by atoms with Crippen LogP contribution in [0, 0.1) is 21.7 Å². The Kier molecular flexibility index (Phi) is 6.92. The van der Waals surface area contributed by atoms with Crippen molar-refractivity contribution >= 4 is 17.3 Å². The van der Waals surface area contributed by atoms with Crippen molar-refractivity contribution in [3.63, 3.8) is 0 Å². The van der Waals surface area contributed by atoms with Crippen molar-refractivity contribution in [3.05, 3.63) is 105 Å². The SMILES string of the molecule is CC[C@@H](NC(=O)c1ccc(NCc2ccc(F)c(F)c2)c([N+](=O)[O-])c1)c1ccccc1. The molecule has 2 N–H and O–H groups in total. The van der Waals surface area contributed by atoms with E-state index in [0.717, 1.165) is 17.7 Å². The molecule has 3 rings (SSSR count). The molecule has 1 atom stereocenters. The fourth-order valence-electron chi connectivity index (χ4n) is 3.17. The van der Waals surface area contributed by atoms with Crippen LogP contribution in [0.1, 0.15) is 40.9 Å². The van der Waals surface area contributed by atoms with Crippen LogP contribution in [-0.4, -0.2) is 10.8 Å². The summed E-state index contributed by atoms with van der Waals surface area (Å²) in [6.07, 6.45) is 0.658. The molecule has 8 heteroatoms. The van der Waals surface area contributed by atoms with Crippen LogP contribution in [0.4, 0.5) is 20.2 Å². The first-order valence-electron chi connectivity index (χ1n) is 9.71. The number of amides is 1. The highest BCUT2D eigenvalue weighted by molar-refractivity contribution is 5.96. The number of nitrogens with one attached hydrogen (secondary N) is 2. The van der Waals surface area contributed by atoms with E-state index >= 15 is 0 Å². The van der Waals surface area contributed by atoms with Gasteiger partial charge in [0.15, 0.2) is 11.6 Å². The minimum atomic E-state index is -0.996. The second-order valence-electron chi connectivity index (χ2n) is 6.94. The Morgan fingerprint density at radius 3 is 2.42 bits per heavy atom. The van der Waals surface area contributed by atoms with Crippen LogP contribution in [0.3, 0.4) is 0 Å². The van der Waals surface area contributed by atoms with Crippen molar-refractivity contribution in [1.29, 1.82) is 0 Å². The Hall–Kier alpha value is -3.81. The molecule has 3 aromatic carbocycles. The zero-order valence-corrected chi connectivity index (χ0v) is 16.8. The van der Waals surface area contributed by atoms with E-state index < -0.39 is 22.5 Å². The fraction of sp³-hybridized carbons (Fsp3) is 0.174. The molecule has 0 aliphatic carbocycles. The van der Waals surface area contributed by atoms with E-state index in [1.54, 1.807) is 0 Å². The molecule has 0 fully saturated rings. The average molecular weight is 425 g/mol. The van der Waals surface area contributed by atoms with E-state index in [1.165, 1.54) is 24.3 Å². The Labute approximate surface area is 178 Å². The van der Waals surface area contributed by atoms with E-state index in [-0.39, 0.29) is 29.5 Å². The molecule has 0 spiro atoms. The van der Waals surface area contributed by atoms with Crippen molar-refractivity contribution in [2.75, 3.05) is 5.32 Å². The second kappa shape index (κ2) is 9.80. The predicted molar refractivity (Wildman–Crippen MR) is 114 cm³/mol. The Morgan fingerprint density at radius 1 is 1.03 bits per heavy atom. The number of hydrogen-bond acceptors (Lipinski definition) is 4. The van der Waals surface area contributed by atoms with Crippen molar-refractivity contribution in [2.45, 2.75) is 25.9 Å². The van der Waals surface area contributed by atoms with Crippen LogP contribution < -0.4 is 10.6 Å². The van der Waals surface area contributed by atoms with Gasteiger partial charge in [0, 0.05) is 18.2 Å². The number of carbonyl (C=O) groups excluding carboxylic acids is 1. The lowest BCUT2D eigenvalue weighted by Gasteiger charge is -2.17. The van der Waals surface area contributed by atoms with Crippen LogP contribution in [0.2, 0.25) is 0 Å². The maximum Gasteiger partial charge on any atom is 0.293 e. The normalized spacial score (nSPS) is 11.6. The summed E-state index contributed by atoms with van der Waals surface area (Å²) in [5, 5.41) is 17.3. The number of hydrogen-bond donors (Lipinski definition) is 2. The molecule has 0 heterocycles. The molecule has 3 aromatic rings. The van der Waals surface area contributed by atoms with Gasteiger partial charge in [0.1, 0.15) is 5.69 Å². The van der Waals surface area contributed by atoms with E-state index in [0.29, 0.717) is 12.0 Å². The lowest BCUT2D eigenvalue weighted by Crippen LogP contribution is -2.28. The first-order valence-corrected chi connectivity index (χ1v) is 9.71. The van der Waals surface area contributed by atoms with E-state index in [4.69, 9.17) is 0 Å². The molecular formula is C23H21F2N3O3.